The molecule has 0 saturated carbocycles. The van der Waals surface area contributed by atoms with E-state index < -0.39 is 0 Å². The Morgan fingerprint density at radius 2 is 2.38 bits per heavy atom. The summed E-state index contributed by atoms with van der Waals surface area (Å²) in [6.45, 7) is 1.00. The molecule has 0 N–H and O–H groups in total. The number of hydrogen-bond donors (Lipinski definition) is 0. The number of thioether (sulfide) groups is 1. The largest absolute Gasteiger partial charge is 0.317 e. The Morgan fingerprint density at radius 3 is 3.19 bits per heavy atom. The van der Waals surface area contributed by atoms with Crippen LogP contribution in [0, 0.1) is 0 Å². The Labute approximate surface area is 107 Å². The Bertz CT molecular complexity index is 528. The van der Waals surface area contributed by atoms with Crippen LogP contribution in [0.1, 0.15) is 10.6 Å². The summed E-state index contributed by atoms with van der Waals surface area (Å²) in [5.41, 5.74) is 1.02. The molecule has 0 saturated heterocycles. The number of aromatic nitrogens is 2. The number of halogens is 1. The van der Waals surface area contributed by atoms with E-state index >= 15 is 0 Å². The minimum Gasteiger partial charge on any atom is -0.317 e. The lowest BCUT2D eigenvalue weighted by Crippen LogP contribution is -1.95. The van der Waals surface area contributed by atoms with Crippen LogP contribution in [0.3, 0.4) is 0 Å². The third-order valence-electron chi connectivity index (χ3n) is 2.42. The molecule has 2 aromatic heterocycles. The second-order valence-electron chi connectivity index (χ2n) is 3.42. The summed E-state index contributed by atoms with van der Waals surface area (Å²) < 4.78 is 2.18. The van der Waals surface area contributed by atoms with E-state index in [0.29, 0.717) is 5.15 Å². The fourth-order valence-corrected chi connectivity index (χ4v) is 3.55. The molecule has 0 aliphatic carbocycles. The van der Waals surface area contributed by atoms with Gasteiger partial charge in [-0.25, -0.2) is 4.98 Å². The van der Waals surface area contributed by atoms with Crippen molar-refractivity contribution < 1.29 is 0 Å². The standard InChI is InChI=1S/C11H9ClN2S2/c12-10-9(4-3-8-2-1-6-15-8)14-5-7-16-11(14)13-10/h1-4,6H,5,7H2/b4-3-. The van der Waals surface area contributed by atoms with Crippen LogP contribution in [-0.4, -0.2) is 15.3 Å². The fourth-order valence-electron chi connectivity index (χ4n) is 1.68. The molecule has 3 rings (SSSR count). The number of imidazole rings is 1. The maximum Gasteiger partial charge on any atom is 0.170 e. The van der Waals surface area contributed by atoms with Gasteiger partial charge in [0.1, 0.15) is 0 Å². The average molecular weight is 269 g/mol. The second-order valence-corrected chi connectivity index (χ2v) is 5.82. The Balaban J connectivity index is 1.95. The molecular weight excluding hydrogens is 260 g/mol. The van der Waals surface area contributed by atoms with Gasteiger partial charge >= 0.3 is 0 Å². The van der Waals surface area contributed by atoms with Gasteiger partial charge in [-0.1, -0.05) is 29.4 Å². The predicted molar refractivity (Wildman–Crippen MR) is 71.2 cm³/mol. The van der Waals surface area contributed by atoms with Crippen LogP contribution in [0.15, 0.2) is 22.7 Å². The molecule has 0 atom stereocenters. The van der Waals surface area contributed by atoms with E-state index in [2.05, 4.69) is 33.1 Å². The molecule has 0 spiro atoms. The van der Waals surface area contributed by atoms with Crippen LogP contribution in [0.5, 0.6) is 0 Å². The zero-order valence-electron chi connectivity index (χ0n) is 8.39. The van der Waals surface area contributed by atoms with E-state index in [9.17, 15) is 0 Å². The van der Waals surface area contributed by atoms with Crippen molar-refractivity contribution in [2.24, 2.45) is 0 Å². The van der Waals surface area contributed by atoms with E-state index in [4.69, 9.17) is 11.6 Å². The summed E-state index contributed by atoms with van der Waals surface area (Å²) in [4.78, 5) is 5.57. The third-order valence-corrected chi connectivity index (χ3v) is 4.49. The highest BCUT2D eigenvalue weighted by Crippen LogP contribution is 2.31. The number of thiophene rings is 1. The third kappa shape index (κ3) is 1.81. The zero-order chi connectivity index (χ0) is 11.0. The van der Waals surface area contributed by atoms with Crippen molar-refractivity contribution in [1.29, 1.82) is 0 Å². The highest BCUT2D eigenvalue weighted by molar-refractivity contribution is 7.99. The van der Waals surface area contributed by atoms with Crippen molar-refractivity contribution in [2.75, 3.05) is 5.75 Å². The van der Waals surface area contributed by atoms with Crippen LogP contribution in [-0.2, 0) is 6.54 Å². The monoisotopic (exact) mass is 268 g/mol. The van der Waals surface area contributed by atoms with E-state index in [-0.39, 0.29) is 0 Å². The van der Waals surface area contributed by atoms with Crippen molar-refractivity contribution in [3.8, 4) is 0 Å². The highest BCUT2D eigenvalue weighted by atomic mass is 35.5. The lowest BCUT2D eigenvalue weighted by atomic mass is 10.3. The van der Waals surface area contributed by atoms with Gasteiger partial charge in [0.15, 0.2) is 10.3 Å². The summed E-state index contributed by atoms with van der Waals surface area (Å²) in [6, 6.07) is 4.13. The molecule has 2 nitrogen and oxygen atoms in total. The maximum absolute atomic E-state index is 6.11. The van der Waals surface area contributed by atoms with E-state index in [1.54, 1.807) is 23.1 Å². The molecule has 1 aliphatic rings. The molecule has 0 amide bonds. The minimum absolute atomic E-state index is 0.606. The van der Waals surface area contributed by atoms with Crippen LogP contribution < -0.4 is 0 Å². The number of hydrogen-bond acceptors (Lipinski definition) is 3. The number of fused-ring (bicyclic) bond motifs is 1. The molecule has 0 aromatic carbocycles. The highest BCUT2D eigenvalue weighted by Gasteiger charge is 2.18. The van der Waals surface area contributed by atoms with Crippen molar-refractivity contribution in [1.82, 2.24) is 9.55 Å². The first-order valence-corrected chi connectivity index (χ1v) is 7.19. The first kappa shape index (κ1) is 10.4. The van der Waals surface area contributed by atoms with Crippen LogP contribution in [0.2, 0.25) is 5.15 Å². The Kier molecular flexibility index (Phi) is 2.79. The van der Waals surface area contributed by atoms with E-state index in [0.717, 1.165) is 23.1 Å². The summed E-state index contributed by atoms with van der Waals surface area (Å²) in [6.07, 6.45) is 4.14. The van der Waals surface area contributed by atoms with E-state index in [1.807, 2.05) is 6.07 Å². The Hall–Kier alpha value is -0.710. The van der Waals surface area contributed by atoms with Crippen molar-refractivity contribution in [3.05, 3.63) is 33.2 Å². The molecule has 16 heavy (non-hydrogen) atoms. The smallest absolute Gasteiger partial charge is 0.170 e. The molecule has 0 bridgehead atoms. The van der Waals surface area contributed by atoms with Gasteiger partial charge in [0, 0.05) is 17.2 Å². The van der Waals surface area contributed by atoms with Gasteiger partial charge < -0.3 is 4.57 Å². The maximum atomic E-state index is 6.11. The van der Waals surface area contributed by atoms with Gasteiger partial charge in [-0.05, 0) is 23.6 Å². The van der Waals surface area contributed by atoms with Gasteiger partial charge in [-0.15, -0.1) is 11.3 Å². The summed E-state index contributed by atoms with van der Waals surface area (Å²) in [7, 11) is 0. The lowest BCUT2D eigenvalue weighted by Gasteiger charge is -1.98. The summed E-state index contributed by atoms with van der Waals surface area (Å²) >= 11 is 9.59. The first-order chi connectivity index (χ1) is 7.84. The average Bonchev–Trinajstić information content (AvgIpc) is 2.92. The molecular formula is C11H9ClN2S2. The first-order valence-electron chi connectivity index (χ1n) is 4.95. The fraction of sp³-hybridized carbons (Fsp3) is 0.182. The lowest BCUT2D eigenvalue weighted by molar-refractivity contribution is 0.713. The predicted octanol–water partition coefficient (Wildman–Crippen LogP) is 3.87. The molecule has 82 valence electrons. The molecule has 1 aliphatic heterocycles. The van der Waals surface area contributed by atoms with Crippen molar-refractivity contribution >= 4 is 46.9 Å². The SMILES string of the molecule is Clc1nc2n(c1/C=C\c1cccs1)CCS2. The van der Waals surface area contributed by atoms with Gasteiger partial charge in [0.2, 0.25) is 0 Å². The molecule has 0 radical (unpaired) electrons. The van der Waals surface area contributed by atoms with Gasteiger partial charge in [-0.3, -0.25) is 0 Å². The van der Waals surface area contributed by atoms with E-state index in [1.165, 1.54) is 4.88 Å². The number of nitrogens with zero attached hydrogens (tertiary/aromatic N) is 2. The van der Waals surface area contributed by atoms with Gasteiger partial charge in [-0.2, -0.15) is 0 Å². The quantitative estimate of drug-likeness (QED) is 0.823. The zero-order valence-corrected chi connectivity index (χ0v) is 10.8. The molecule has 2 aromatic rings. The molecule has 5 heteroatoms. The molecule has 0 unspecified atom stereocenters. The normalized spacial score (nSPS) is 14.8. The Morgan fingerprint density at radius 1 is 1.44 bits per heavy atom. The number of rotatable bonds is 2. The van der Waals surface area contributed by atoms with Crippen LogP contribution in [0.4, 0.5) is 0 Å². The summed E-state index contributed by atoms with van der Waals surface area (Å²) in [5, 5.41) is 3.71. The van der Waals surface area contributed by atoms with Crippen molar-refractivity contribution in [2.45, 2.75) is 11.7 Å². The van der Waals surface area contributed by atoms with Crippen molar-refractivity contribution in [3.63, 3.8) is 0 Å². The molecule has 0 fully saturated rings. The molecule has 3 heterocycles. The summed E-state index contributed by atoms with van der Waals surface area (Å²) in [5.74, 6) is 1.10. The van der Waals surface area contributed by atoms with Gasteiger partial charge in [0.25, 0.3) is 0 Å². The van der Waals surface area contributed by atoms with Crippen LogP contribution >= 0.6 is 34.7 Å². The topological polar surface area (TPSA) is 17.8 Å². The second kappa shape index (κ2) is 4.28. The van der Waals surface area contributed by atoms with Gasteiger partial charge in [0.05, 0.1) is 5.69 Å². The van der Waals surface area contributed by atoms with Crippen LogP contribution in [0.25, 0.3) is 12.2 Å². The minimum atomic E-state index is 0.606.